The quantitative estimate of drug-likeness (QED) is 0.835. The molecule has 0 spiro atoms. The molecule has 2 rings (SSSR count). The summed E-state index contributed by atoms with van der Waals surface area (Å²) in [5, 5.41) is 11.3. The monoisotopic (exact) mass is 330 g/mol. The number of benzene rings is 2. The first kappa shape index (κ1) is 12.9. The van der Waals surface area contributed by atoms with E-state index in [9.17, 15) is 5.11 Å². The van der Waals surface area contributed by atoms with Crippen molar-refractivity contribution in [2.24, 2.45) is 0 Å². The van der Waals surface area contributed by atoms with Crippen molar-refractivity contribution in [3.05, 3.63) is 68.1 Å². The summed E-state index contributed by atoms with van der Waals surface area (Å²) in [4.78, 5) is 0. The van der Waals surface area contributed by atoms with Crippen LogP contribution in [0.2, 0.25) is 10.0 Å². The molecule has 1 atom stereocenters. The predicted octanol–water partition coefficient (Wildman–Crippen LogP) is 4.84. The highest BCUT2D eigenvalue weighted by atomic mass is 79.9. The molecule has 1 N–H and O–H groups in total. The smallest absolute Gasteiger partial charge is 0.105 e. The summed E-state index contributed by atoms with van der Waals surface area (Å²) in [7, 11) is 0. The Kier molecular flexibility index (Phi) is 4.10. The van der Waals surface area contributed by atoms with E-state index >= 15 is 0 Å². The van der Waals surface area contributed by atoms with E-state index in [2.05, 4.69) is 15.9 Å². The van der Waals surface area contributed by atoms with Crippen molar-refractivity contribution in [2.75, 3.05) is 0 Å². The van der Waals surface area contributed by atoms with Gasteiger partial charge >= 0.3 is 0 Å². The van der Waals surface area contributed by atoms with E-state index in [1.54, 1.807) is 18.2 Å². The Morgan fingerprint density at radius 3 is 2.18 bits per heavy atom. The average molecular weight is 332 g/mol. The molecule has 0 unspecified atom stereocenters. The molecule has 0 radical (unpaired) electrons. The molecule has 0 amide bonds. The van der Waals surface area contributed by atoms with Crippen LogP contribution in [-0.2, 0) is 0 Å². The molecule has 0 bridgehead atoms. The van der Waals surface area contributed by atoms with Crippen LogP contribution in [0.5, 0.6) is 0 Å². The lowest BCUT2D eigenvalue weighted by Crippen LogP contribution is -2.00. The highest BCUT2D eigenvalue weighted by molar-refractivity contribution is 9.10. The molecule has 0 aliphatic rings. The van der Waals surface area contributed by atoms with Gasteiger partial charge in [0.05, 0.1) is 0 Å². The van der Waals surface area contributed by atoms with Gasteiger partial charge in [0.1, 0.15) is 6.10 Å². The minimum atomic E-state index is -0.748. The molecule has 17 heavy (non-hydrogen) atoms. The van der Waals surface area contributed by atoms with Gasteiger partial charge in [-0.2, -0.15) is 0 Å². The number of rotatable bonds is 2. The number of aliphatic hydroxyl groups is 1. The maximum Gasteiger partial charge on any atom is 0.105 e. The molecule has 0 heterocycles. The van der Waals surface area contributed by atoms with Crippen LogP contribution in [0.3, 0.4) is 0 Å². The Hall–Kier alpha value is -0.540. The van der Waals surface area contributed by atoms with Crippen molar-refractivity contribution < 1.29 is 5.11 Å². The maximum absolute atomic E-state index is 10.3. The van der Waals surface area contributed by atoms with Gasteiger partial charge in [-0.25, -0.2) is 0 Å². The van der Waals surface area contributed by atoms with Gasteiger partial charge in [0, 0.05) is 14.5 Å². The summed E-state index contributed by atoms with van der Waals surface area (Å²) in [6, 6.07) is 12.5. The average Bonchev–Trinajstić information content (AvgIpc) is 2.27. The largest absolute Gasteiger partial charge is 0.384 e. The zero-order valence-electron chi connectivity index (χ0n) is 8.70. The van der Waals surface area contributed by atoms with Gasteiger partial charge in [-0.05, 0) is 35.4 Å². The second-order valence-electron chi connectivity index (χ2n) is 3.63. The van der Waals surface area contributed by atoms with Crippen LogP contribution >= 0.6 is 39.1 Å². The fourth-order valence-electron chi connectivity index (χ4n) is 1.61. The van der Waals surface area contributed by atoms with Gasteiger partial charge in [0.25, 0.3) is 0 Å². The highest BCUT2D eigenvalue weighted by Gasteiger charge is 2.14. The SMILES string of the molecule is O[C@H](c1cc(Cl)cc(Cl)c1)c1ccccc1Br. The minimum Gasteiger partial charge on any atom is -0.384 e. The van der Waals surface area contributed by atoms with E-state index in [0.29, 0.717) is 15.6 Å². The number of aliphatic hydroxyl groups excluding tert-OH is 1. The van der Waals surface area contributed by atoms with Crippen LogP contribution in [0.25, 0.3) is 0 Å². The van der Waals surface area contributed by atoms with Crippen LogP contribution in [0.4, 0.5) is 0 Å². The van der Waals surface area contributed by atoms with Crippen LogP contribution in [-0.4, -0.2) is 5.11 Å². The molecule has 2 aromatic carbocycles. The first-order valence-corrected chi connectivity index (χ1v) is 6.51. The predicted molar refractivity (Wildman–Crippen MR) is 74.7 cm³/mol. The second kappa shape index (κ2) is 5.40. The lowest BCUT2D eigenvalue weighted by Gasteiger charge is -2.13. The summed E-state index contributed by atoms with van der Waals surface area (Å²) in [6.07, 6.45) is -0.748. The molecule has 0 fully saturated rings. The van der Waals surface area contributed by atoms with Gasteiger partial charge < -0.3 is 5.11 Å². The fraction of sp³-hybridized carbons (Fsp3) is 0.0769. The van der Waals surface area contributed by atoms with Crippen molar-refractivity contribution in [3.8, 4) is 0 Å². The van der Waals surface area contributed by atoms with Gasteiger partial charge in [-0.15, -0.1) is 0 Å². The molecule has 0 aromatic heterocycles. The third-order valence-electron chi connectivity index (χ3n) is 2.40. The third kappa shape index (κ3) is 3.02. The molecule has 4 heteroatoms. The van der Waals surface area contributed by atoms with Crippen LogP contribution in [0, 0.1) is 0 Å². The summed E-state index contributed by atoms with van der Waals surface area (Å²) in [6.45, 7) is 0. The lowest BCUT2D eigenvalue weighted by molar-refractivity contribution is 0.219. The maximum atomic E-state index is 10.3. The first-order valence-electron chi connectivity index (χ1n) is 4.96. The summed E-state index contributed by atoms with van der Waals surface area (Å²) in [5.41, 5.74) is 1.46. The zero-order valence-corrected chi connectivity index (χ0v) is 11.8. The van der Waals surface area contributed by atoms with Gasteiger partial charge in [-0.3, -0.25) is 0 Å². The van der Waals surface area contributed by atoms with E-state index in [4.69, 9.17) is 23.2 Å². The van der Waals surface area contributed by atoms with Crippen molar-refractivity contribution >= 4 is 39.1 Å². The first-order chi connectivity index (χ1) is 8.08. The van der Waals surface area contributed by atoms with Crippen molar-refractivity contribution in [1.29, 1.82) is 0 Å². The van der Waals surface area contributed by atoms with Crippen LogP contribution < -0.4 is 0 Å². The van der Waals surface area contributed by atoms with Crippen LogP contribution in [0.15, 0.2) is 46.9 Å². The molecule has 0 aliphatic heterocycles. The molecular weight excluding hydrogens is 323 g/mol. The molecule has 0 saturated heterocycles. The number of halogens is 3. The Morgan fingerprint density at radius 1 is 1.00 bits per heavy atom. The number of hydrogen-bond acceptors (Lipinski definition) is 1. The van der Waals surface area contributed by atoms with E-state index < -0.39 is 6.10 Å². The fourth-order valence-corrected chi connectivity index (χ4v) is 2.65. The second-order valence-corrected chi connectivity index (χ2v) is 5.35. The van der Waals surface area contributed by atoms with Gasteiger partial charge in [0.15, 0.2) is 0 Å². The topological polar surface area (TPSA) is 20.2 Å². The Bertz CT molecular complexity index is 522. The van der Waals surface area contributed by atoms with Gasteiger partial charge in [0.2, 0.25) is 0 Å². The molecule has 88 valence electrons. The summed E-state index contributed by atoms with van der Waals surface area (Å²) < 4.78 is 0.851. The zero-order chi connectivity index (χ0) is 12.4. The summed E-state index contributed by atoms with van der Waals surface area (Å²) >= 11 is 15.2. The van der Waals surface area contributed by atoms with Crippen molar-refractivity contribution in [1.82, 2.24) is 0 Å². The van der Waals surface area contributed by atoms with Crippen molar-refractivity contribution in [3.63, 3.8) is 0 Å². The van der Waals surface area contributed by atoms with E-state index in [0.717, 1.165) is 10.0 Å². The molecular formula is C13H9BrCl2O. The Morgan fingerprint density at radius 2 is 1.59 bits per heavy atom. The molecule has 1 nitrogen and oxygen atoms in total. The Balaban J connectivity index is 2.43. The van der Waals surface area contributed by atoms with Crippen LogP contribution in [0.1, 0.15) is 17.2 Å². The molecule has 2 aromatic rings. The lowest BCUT2D eigenvalue weighted by atomic mass is 10.0. The highest BCUT2D eigenvalue weighted by Crippen LogP contribution is 2.31. The van der Waals surface area contributed by atoms with E-state index in [1.165, 1.54) is 0 Å². The molecule has 0 aliphatic carbocycles. The van der Waals surface area contributed by atoms with E-state index in [-0.39, 0.29) is 0 Å². The Labute approximate surface area is 118 Å². The summed E-state index contributed by atoms with van der Waals surface area (Å²) in [5.74, 6) is 0. The van der Waals surface area contributed by atoms with E-state index in [1.807, 2.05) is 24.3 Å². The standard InChI is InChI=1S/C13H9BrCl2O/c14-12-4-2-1-3-11(12)13(17)8-5-9(15)7-10(16)6-8/h1-7,13,17H/t13-/m1/s1. The number of hydrogen-bond donors (Lipinski definition) is 1. The van der Waals surface area contributed by atoms with Crippen molar-refractivity contribution in [2.45, 2.75) is 6.10 Å². The molecule has 0 saturated carbocycles. The minimum absolute atomic E-state index is 0.513. The third-order valence-corrected chi connectivity index (χ3v) is 3.56. The van der Waals surface area contributed by atoms with Gasteiger partial charge in [-0.1, -0.05) is 57.3 Å². The normalized spacial score (nSPS) is 12.5.